The molecule has 31 heavy (non-hydrogen) atoms. The van der Waals surface area contributed by atoms with Crippen LogP contribution in [0.2, 0.25) is 0 Å². The van der Waals surface area contributed by atoms with E-state index in [4.69, 9.17) is 14.2 Å². The summed E-state index contributed by atoms with van der Waals surface area (Å²) in [7, 11) is 1.34. The van der Waals surface area contributed by atoms with Gasteiger partial charge in [0, 0.05) is 0 Å². The van der Waals surface area contributed by atoms with Crippen LogP contribution < -0.4 is 4.74 Å². The smallest absolute Gasteiger partial charge is 0.358 e. The number of benzene rings is 1. The largest absolute Gasteiger partial charge is 0.494 e. The van der Waals surface area contributed by atoms with E-state index < -0.39 is 53.9 Å². The second-order valence-corrected chi connectivity index (χ2v) is 8.65. The van der Waals surface area contributed by atoms with Crippen LogP contribution in [0.1, 0.15) is 39.7 Å². The van der Waals surface area contributed by atoms with E-state index in [1.54, 1.807) is 26.8 Å². The Kier molecular flexibility index (Phi) is 6.09. The summed E-state index contributed by atoms with van der Waals surface area (Å²) in [6.07, 6.45) is -0.648. The number of fused-ring (bicyclic) bond motifs is 1. The molecule has 9 heteroatoms. The second-order valence-electron chi connectivity index (χ2n) is 8.65. The number of rotatable bonds is 6. The van der Waals surface area contributed by atoms with Gasteiger partial charge in [-0.1, -0.05) is 6.07 Å². The molecule has 3 atom stereocenters. The van der Waals surface area contributed by atoms with E-state index in [1.165, 1.54) is 31.1 Å². The Morgan fingerprint density at radius 1 is 1.29 bits per heavy atom. The standard InChI is InChI=1S/C22H26FNO7/c1-11(25)17-15-9-13(12-6-7-16(29-5)14(23)8-12)18(24(15)19(17)26)20(27)30-10-31-21(28)22(2,3)4/h6-8,11,15,17,25H,9-10H2,1-5H3/t11-,15-,17-/m1/s1. The first kappa shape index (κ1) is 22.7. The molecular weight excluding hydrogens is 409 g/mol. The highest BCUT2D eigenvalue weighted by Gasteiger charge is 2.57. The number of carbonyl (C=O) groups is 3. The number of aliphatic hydroxyl groups is 1. The molecule has 0 bridgehead atoms. The van der Waals surface area contributed by atoms with E-state index in [0.29, 0.717) is 11.1 Å². The van der Waals surface area contributed by atoms with Gasteiger partial charge in [-0.25, -0.2) is 9.18 Å². The zero-order chi connectivity index (χ0) is 23.1. The lowest BCUT2D eigenvalue weighted by Crippen LogP contribution is -2.61. The van der Waals surface area contributed by atoms with Crippen LogP contribution in [0.25, 0.3) is 5.57 Å². The minimum absolute atomic E-state index is 0.0386. The number of halogens is 1. The Bertz CT molecular complexity index is 948. The van der Waals surface area contributed by atoms with Gasteiger partial charge >= 0.3 is 11.9 Å². The molecule has 168 valence electrons. The molecule has 0 unspecified atom stereocenters. The van der Waals surface area contributed by atoms with Gasteiger partial charge in [0.25, 0.3) is 0 Å². The minimum atomic E-state index is -0.897. The van der Waals surface area contributed by atoms with Crippen LogP contribution >= 0.6 is 0 Å². The average Bonchev–Trinajstić information content (AvgIpc) is 3.01. The van der Waals surface area contributed by atoms with Gasteiger partial charge in [0.15, 0.2) is 11.6 Å². The summed E-state index contributed by atoms with van der Waals surface area (Å²) >= 11 is 0. The number of nitrogens with zero attached hydrogens (tertiary/aromatic N) is 1. The van der Waals surface area contributed by atoms with Crippen molar-refractivity contribution in [3.8, 4) is 5.75 Å². The molecule has 1 saturated heterocycles. The van der Waals surface area contributed by atoms with Crippen molar-refractivity contribution >= 4 is 23.4 Å². The molecule has 1 fully saturated rings. The average molecular weight is 435 g/mol. The molecule has 2 aliphatic heterocycles. The van der Waals surface area contributed by atoms with Gasteiger partial charge in [-0.05, 0) is 57.4 Å². The molecule has 3 rings (SSSR count). The fraction of sp³-hybridized carbons (Fsp3) is 0.500. The number of carbonyl (C=O) groups excluding carboxylic acids is 3. The van der Waals surface area contributed by atoms with Crippen molar-refractivity contribution < 1.29 is 38.1 Å². The molecule has 1 aromatic carbocycles. The van der Waals surface area contributed by atoms with E-state index in [-0.39, 0.29) is 17.9 Å². The molecule has 0 aliphatic carbocycles. The highest BCUT2D eigenvalue weighted by molar-refractivity contribution is 6.06. The van der Waals surface area contributed by atoms with E-state index >= 15 is 0 Å². The van der Waals surface area contributed by atoms with Crippen molar-refractivity contribution in [3.63, 3.8) is 0 Å². The zero-order valence-corrected chi connectivity index (χ0v) is 18.1. The Hall–Kier alpha value is -2.94. The summed E-state index contributed by atoms with van der Waals surface area (Å²) in [6, 6.07) is 3.79. The fourth-order valence-electron chi connectivity index (χ4n) is 3.79. The molecule has 1 aromatic rings. The SMILES string of the molecule is COc1ccc(C2=C(C(=O)OCOC(=O)C(C)(C)C)N3C(=O)[C@H]([C@@H](C)O)[C@H]3C2)cc1F. The van der Waals surface area contributed by atoms with Crippen LogP contribution in [0.5, 0.6) is 5.75 Å². The van der Waals surface area contributed by atoms with Gasteiger partial charge in [-0.3, -0.25) is 9.59 Å². The van der Waals surface area contributed by atoms with Crippen molar-refractivity contribution in [2.45, 2.75) is 46.3 Å². The van der Waals surface area contributed by atoms with E-state index in [2.05, 4.69) is 0 Å². The summed E-state index contributed by atoms with van der Waals surface area (Å²) < 4.78 is 29.3. The molecular formula is C22H26FNO7. The van der Waals surface area contributed by atoms with Crippen LogP contribution in [0, 0.1) is 17.2 Å². The van der Waals surface area contributed by atoms with Crippen LogP contribution in [0.3, 0.4) is 0 Å². The van der Waals surface area contributed by atoms with E-state index in [1.807, 2.05) is 0 Å². The maximum atomic E-state index is 14.3. The van der Waals surface area contributed by atoms with E-state index in [9.17, 15) is 23.9 Å². The Morgan fingerprint density at radius 3 is 2.52 bits per heavy atom. The Labute approximate surface area is 179 Å². The number of hydrogen-bond acceptors (Lipinski definition) is 7. The van der Waals surface area contributed by atoms with Crippen LogP contribution in [-0.4, -0.2) is 53.9 Å². The molecule has 0 aromatic heterocycles. The Balaban J connectivity index is 1.88. The monoisotopic (exact) mass is 435 g/mol. The van der Waals surface area contributed by atoms with Crippen molar-refractivity contribution in [1.29, 1.82) is 0 Å². The first-order chi connectivity index (χ1) is 14.5. The van der Waals surface area contributed by atoms with Gasteiger partial charge in [0.2, 0.25) is 12.7 Å². The molecule has 8 nitrogen and oxygen atoms in total. The molecule has 2 heterocycles. The molecule has 1 amide bonds. The second kappa shape index (κ2) is 8.30. The molecule has 0 saturated carbocycles. The lowest BCUT2D eigenvalue weighted by Gasteiger charge is -2.44. The number of ether oxygens (including phenoxy) is 3. The highest BCUT2D eigenvalue weighted by atomic mass is 19.1. The topological polar surface area (TPSA) is 102 Å². The lowest BCUT2D eigenvalue weighted by atomic mass is 9.82. The minimum Gasteiger partial charge on any atom is -0.494 e. The normalized spacial score (nSPS) is 21.4. The number of hydrogen-bond donors (Lipinski definition) is 1. The fourth-order valence-corrected chi connectivity index (χ4v) is 3.79. The Morgan fingerprint density at radius 2 is 1.97 bits per heavy atom. The van der Waals surface area contributed by atoms with E-state index in [0.717, 1.165) is 0 Å². The van der Waals surface area contributed by atoms with Crippen molar-refractivity contribution in [1.82, 2.24) is 4.90 Å². The molecule has 1 N–H and O–H groups in total. The quantitative estimate of drug-likeness (QED) is 0.415. The van der Waals surface area contributed by atoms with Gasteiger partial charge < -0.3 is 24.2 Å². The summed E-state index contributed by atoms with van der Waals surface area (Å²) in [4.78, 5) is 38.6. The van der Waals surface area contributed by atoms with Gasteiger partial charge in [0.05, 0.1) is 30.6 Å². The van der Waals surface area contributed by atoms with Gasteiger partial charge in [-0.2, -0.15) is 0 Å². The third-order valence-corrected chi connectivity index (χ3v) is 5.41. The van der Waals surface area contributed by atoms with Crippen molar-refractivity contribution in [3.05, 3.63) is 35.3 Å². The molecule has 0 spiro atoms. The maximum Gasteiger partial charge on any atom is 0.358 e. The first-order valence-electron chi connectivity index (χ1n) is 9.90. The van der Waals surface area contributed by atoms with Crippen LogP contribution in [0.15, 0.2) is 23.9 Å². The molecule has 0 radical (unpaired) electrons. The number of amides is 1. The summed E-state index contributed by atoms with van der Waals surface area (Å²) in [6.45, 7) is 5.87. The zero-order valence-electron chi connectivity index (χ0n) is 18.1. The third-order valence-electron chi connectivity index (χ3n) is 5.41. The van der Waals surface area contributed by atoms with Crippen LogP contribution in [-0.2, 0) is 23.9 Å². The van der Waals surface area contributed by atoms with Crippen molar-refractivity contribution in [2.75, 3.05) is 13.9 Å². The summed E-state index contributed by atoms with van der Waals surface area (Å²) in [5.74, 6) is -3.07. The van der Waals surface area contributed by atoms with Crippen molar-refractivity contribution in [2.24, 2.45) is 11.3 Å². The lowest BCUT2D eigenvalue weighted by molar-refractivity contribution is -0.175. The summed E-state index contributed by atoms with van der Waals surface area (Å²) in [5.41, 5.74) is -0.00431. The number of esters is 2. The van der Waals surface area contributed by atoms with Crippen LogP contribution in [0.4, 0.5) is 4.39 Å². The van der Waals surface area contributed by atoms with Gasteiger partial charge in [0.1, 0.15) is 5.70 Å². The summed E-state index contributed by atoms with van der Waals surface area (Å²) in [5, 5.41) is 9.95. The predicted molar refractivity (Wildman–Crippen MR) is 107 cm³/mol. The number of methoxy groups -OCH3 is 1. The number of β-lactam (4-membered cyclic amide) rings is 1. The number of aliphatic hydroxyl groups excluding tert-OH is 1. The highest BCUT2D eigenvalue weighted by Crippen LogP contribution is 2.47. The predicted octanol–water partition coefficient (Wildman–Crippen LogP) is 2.25. The van der Waals surface area contributed by atoms with Gasteiger partial charge in [-0.15, -0.1) is 0 Å². The first-order valence-corrected chi connectivity index (χ1v) is 9.90. The molecule has 2 aliphatic rings. The third kappa shape index (κ3) is 4.14. The maximum absolute atomic E-state index is 14.3.